The Morgan fingerprint density at radius 2 is 1.63 bits per heavy atom. The second-order valence-corrected chi connectivity index (χ2v) is 9.60. The van der Waals surface area contributed by atoms with Gasteiger partial charge in [0.2, 0.25) is 5.88 Å². The minimum atomic E-state index is -0.0826. The largest absolute Gasteiger partial charge is 0.496 e. The Morgan fingerprint density at radius 1 is 0.914 bits per heavy atom. The van der Waals surface area contributed by atoms with E-state index in [1.165, 1.54) is 7.11 Å². The van der Waals surface area contributed by atoms with Gasteiger partial charge in [0.05, 0.1) is 19.7 Å². The van der Waals surface area contributed by atoms with Crippen molar-refractivity contribution < 1.29 is 19.1 Å². The molecule has 4 heterocycles. The predicted octanol–water partition coefficient (Wildman–Crippen LogP) is 4.07. The molecule has 0 aliphatic carbocycles. The first kappa shape index (κ1) is 23.4. The van der Waals surface area contributed by atoms with E-state index < -0.39 is 0 Å². The van der Waals surface area contributed by atoms with E-state index in [9.17, 15) is 9.59 Å². The lowest BCUT2D eigenvalue weighted by molar-refractivity contribution is 0.0564. The van der Waals surface area contributed by atoms with Crippen molar-refractivity contribution in [3.63, 3.8) is 0 Å². The van der Waals surface area contributed by atoms with Gasteiger partial charge in [-0.1, -0.05) is 23.7 Å². The first-order valence-electron chi connectivity index (χ1n) is 11.7. The zero-order valence-electron chi connectivity index (χ0n) is 19.8. The summed E-state index contributed by atoms with van der Waals surface area (Å²) in [4.78, 5) is 38.8. The summed E-state index contributed by atoms with van der Waals surface area (Å²) in [6.07, 6.45) is 2.60. The van der Waals surface area contributed by atoms with E-state index in [0.29, 0.717) is 49.1 Å². The minimum Gasteiger partial charge on any atom is -0.496 e. The molecular weight excluding hydrogens is 468 g/mol. The molecule has 35 heavy (non-hydrogen) atoms. The maximum Gasteiger partial charge on any atom is 0.272 e. The molecule has 0 radical (unpaired) electrons. The molecule has 2 aliphatic rings. The Morgan fingerprint density at radius 3 is 2.34 bits per heavy atom. The number of hydrogen-bond acceptors (Lipinski definition) is 6. The van der Waals surface area contributed by atoms with Crippen LogP contribution in [-0.2, 0) is 0 Å². The number of methoxy groups -OCH3 is 2. The standard InChI is InChI=1S/C26H27ClN4O4/c1-34-21-15-20(28-19-6-4-3-5-18(19)21)25(33)31-12-9-26(16-31)7-10-30(11-8-26)24(32)17-13-22(27)29-23(14-17)35-2/h3-6,13-15H,7-12,16H2,1-2H3. The molecule has 1 aromatic carbocycles. The lowest BCUT2D eigenvalue weighted by Gasteiger charge is -2.39. The third kappa shape index (κ3) is 4.50. The molecule has 0 atom stereocenters. The van der Waals surface area contributed by atoms with Crippen molar-refractivity contribution >= 4 is 34.3 Å². The van der Waals surface area contributed by atoms with Crippen LogP contribution in [0.15, 0.2) is 42.5 Å². The summed E-state index contributed by atoms with van der Waals surface area (Å²) in [7, 11) is 3.10. The van der Waals surface area contributed by atoms with E-state index >= 15 is 0 Å². The summed E-state index contributed by atoms with van der Waals surface area (Å²) in [5.41, 5.74) is 1.62. The summed E-state index contributed by atoms with van der Waals surface area (Å²) in [5, 5.41) is 1.11. The van der Waals surface area contributed by atoms with Crippen LogP contribution < -0.4 is 9.47 Å². The number of aromatic nitrogens is 2. The molecule has 9 heteroatoms. The van der Waals surface area contributed by atoms with E-state index in [1.54, 1.807) is 25.3 Å². The van der Waals surface area contributed by atoms with Gasteiger partial charge in [0.15, 0.2) is 0 Å². The molecule has 8 nitrogen and oxygen atoms in total. The maximum atomic E-state index is 13.3. The summed E-state index contributed by atoms with van der Waals surface area (Å²) >= 11 is 6.05. The van der Waals surface area contributed by atoms with Crippen LogP contribution in [0.3, 0.4) is 0 Å². The smallest absolute Gasteiger partial charge is 0.272 e. The van der Waals surface area contributed by atoms with Gasteiger partial charge >= 0.3 is 0 Å². The molecule has 182 valence electrons. The Hall–Kier alpha value is -3.39. The van der Waals surface area contributed by atoms with Gasteiger partial charge in [-0.25, -0.2) is 9.97 Å². The summed E-state index contributed by atoms with van der Waals surface area (Å²) in [5.74, 6) is 0.800. The van der Waals surface area contributed by atoms with Gasteiger partial charge in [0.1, 0.15) is 16.6 Å². The fourth-order valence-corrected chi connectivity index (χ4v) is 5.37. The van der Waals surface area contributed by atoms with Crippen molar-refractivity contribution in [2.24, 2.45) is 5.41 Å². The average molecular weight is 495 g/mol. The molecule has 2 fully saturated rings. The van der Waals surface area contributed by atoms with E-state index in [-0.39, 0.29) is 22.4 Å². The van der Waals surface area contributed by atoms with Crippen LogP contribution in [0.2, 0.25) is 5.15 Å². The Bertz CT molecular complexity index is 1290. The van der Waals surface area contributed by atoms with Crippen LogP contribution in [0.4, 0.5) is 0 Å². The topological polar surface area (TPSA) is 84.9 Å². The van der Waals surface area contributed by atoms with Crippen LogP contribution in [0.25, 0.3) is 10.9 Å². The van der Waals surface area contributed by atoms with Gasteiger partial charge in [0, 0.05) is 49.3 Å². The SMILES string of the molecule is COc1cc(C(=O)N2CCC3(CC2)CCN(C(=O)c2cc(OC)c4ccccc4n2)C3)cc(Cl)n1. The van der Waals surface area contributed by atoms with Crippen LogP contribution >= 0.6 is 11.6 Å². The predicted molar refractivity (Wildman–Crippen MR) is 132 cm³/mol. The van der Waals surface area contributed by atoms with Crippen molar-refractivity contribution in [2.75, 3.05) is 40.4 Å². The molecule has 0 bridgehead atoms. The fourth-order valence-electron chi connectivity index (χ4n) is 5.17. The quantitative estimate of drug-likeness (QED) is 0.508. The summed E-state index contributed by atoms with van der Waals surface area (Å²) in [6.45, 7) is 2.61. The number of pyridine rings is 2. The van der Waals surface area contributed by atoms with Crippen LogP contribution in [0, 0.1) is 5.41 Å². The van der Waals surface area contributed by atoms with Gasteiger partial charge < -0.3 is 19.3 Å². The van der Waals surface area contributed by atoms with E-state index in [0.717, 1.165) is 30.2 Å². The highest BCUT2D eigenvalue weighted by atomic mass is 35.5. The van der Waals surface area contributed by atoms with Crippen molar-refractivity contribution in [2.45, 2.75) is 19.3 Å². The minimum absolute atomic E-state index is 0.0148. The number of benzene rings is 1. The van der Waals surface area contributed by atoms with Crippen molar-refractivity contribution in [3.05, 3.63) is 58.9 Å². The summed E-state index contributed by atoms with van der Waals surface area (Å²) in [6, 6.07) is 12.6. The number of para-hydroxylation sites is 1. The van der Waals surface area contributed by atoms with E-state index in [1.807, 2.05) is 34.1 Å². The lowest BCUT2D eigenvalue weighted by atomic mass is 9.77. The first-order valence-corrected chi connectivity index (χ1v) is 12.0. The Kier molecular flexibility index (Phi) is 6.23. The van der Waals surface area contributed by atoms with Crippen LogP contribution in [0.5, 0.6) is 11.6 Å². The summed E-state index contributed by atoms with van der Waals surface area (Å²) < 4.78 is 10.7. The molecule has 5 rings (SSSR count). The zero-order chi connectivity index (χ0) is 24.6. The number of fused-ring (bicyclic) bond motifs is 1. The molecule has 2 aliphatic heterocycles. The molecular formula is C26H27ClN4O4. The van der Waals surface area contributed by atoms with Gasteiger partial charge in [-0.3, -0.25) is 9.59 Å². The van der Waals surface area contributed by atoms with Gasteiger partial charge in [0.25, 0.3) is 11.8 Å². The number of rotatable bonds is 4. The van der Waals surface area contributed by atoms with Gasteiger partial charge in [-0.2, -0.15) is 0 Å². The zero-order valence-corrected chi connectivity index (χ0v) is 20.5. The third-order valence-electron chi connectivity index (χ3n) is 7.18. The number of amides is 2. The molecule has 0 N–H and O–H groups in total. The highest BCUT2D eigenvalue weighted by molar-refractivity contribution is 6.29. The maximum absolute atomic E-state index is 13.3. The van der Waals surface area contributed by atoms with Crippen molar-refractivity contribution in [1.29, 1.82) is 0 Å². The second-order valence-electron chi connectivity index (χ2n) is 9.22. The third-order valence-corrected chi connectivity index (χ3v) is 7.37. The number of carbonyl (C=O) groups excluding carboxylic acids is 2. The Balaban J connectivity index is 1.26. The van der Waals surface area contributed by atoms with E-state index in [2.05, 4.69) is 9.97 Å². The molecule has 2 aromatic heterocycles. The molecule has 1 spiro atoms. The van der Waals surface area contributed by atoms with E-state index in [4.69, 9.17) is 21.1 Å². The van der Waals surface area contributed by atoms with Crippen LogP contribution in [-0.4, -0.2) is 72.0 Å². The number of likely N-dealkylation sites (tertiary alicyclic amines) is 2. The Labute approximate surface area is 208 Å². The number of halogens is 1. The van der Waals surface area contributed by atoms with Crippen molar-refractivity contribution in [1.82, 2.24) is 19.8 Å². The number of hydrogen-bond donors (Lipinski definition) is 0. The molecule has 0 unspecified atom stereocenters. The molecule has 0 saturated carbocycles. The lowest BCUT2D eigenvalue weighted by Crippen LogP contribution is -2.44. The normalized spacial score (nSPS) is 17.1. The fraction of sp³-hybridized carbons (Fsp3) is 0.385. The number of carbonyl (C=O) groups is 2. The molecule has 3 aromatic rings. The van der Waals surface area contributed by atoms with Gasteiger partial charge in [-0.05, 0) is 42.9 Å². The number of piperidine rings is 1. The van der Waals surface area contributed by atoms with Gasteiger partial charge in [-0.15, -0.1) is 0 Å². The molecule has 2 saturated heterocycles. The monoisotopic (exact) mass is 494 g/mol. The highest BCUT2D eigenvalue weighted by Gasteiger charge is 2.43. The first-order chi connectivity index (χ1) is 16.9. The number of ether oxygens (including phenoxy) is 2. The molecule has 2 amide bonds. The average Bonchev–Trinajstić information content (AvgIpc) is 3.30. The van der Waals surface area contributed by atoms with Crippen molar-refractivity contribution in [3.8, 4) is 11.6 Å². The van der Waals surface area contributed by atoms with Crippen LogP contribution in [0.1, 0.15) is 40.1 Å². The number of nitrogens with zero attached hydrogens (tertiary/aromatic N) is 4. The highest BCUT2D eigenvalue weighted by Crippen LogP contribution is 2.41. The second kappa shape index (κ2) is 9.34.